The van der Waals surface area contributed by atoms with E-state index in [4.69, 9.17) is 0 Å². The normalized spacial score (nSPS) is 20.0. The first-order chi connectivity index (χ1) is 9.88. The van der Waals surface area contributed by atoms with E-state index >= 15 is 0 Å². The van der Waals surface area contributed by atoms with Crippen LogP contribution in [-0.4, -0.2) is 59.4 Å². The Bertz CT molecular complexity index is 347. The highest BCUT2D eigenvalue weighted by molar-refractivity contribution is 5.84. The van der Waals surface area contributed by atoms with Crippen LogP contribution in [0.5, 0.6) is 0 Å². The van der Waals surface area contributed by atoms with Crippen molar-refractivity contribution in [2.75, 3.05) is 19.6 Å². The maximum Gasteiger partial charge on any atom is 0.237 e. The molecular formula is C16H31N3O2. The molecule has 21 heavy (non-hydrogen) atoms. The third-order valence-corrected chi connectivity index (χ3v) is 4.01. The summed E-state index contributed by atoms with van der Waals surface area (Å²) in [6.07, 6.45) is 2.91. The van der Waals surface area contributed by atoms with Crippen LogP contribution in [0.1, 0.15) is 53.9 Å². The molecule has 1 N–H and O–H groups in total. The second-order valence-corrected chi connectivity index (χ2v) is 6.41. The molecule has 1 atom stereocenters. The fourth-order valence-corrected chi connectivity index (χ4v) is 3.09. The van der Waals surface area contributed by atoms with Gasteiger partial charge in [0.15, 0.2) is 0 Å². The fourth-order valence-electron chi connectivity index (χ4n) is 3.09. The summed E-state index contributed by atoms with van der Waals surface area (Å²) in [6.45, 7) is 12.0. The van der Waals surface area contributed by atoms with Crippen LogP contribution < -0.4 is 5.32 Å². The Labute approximate surface area is 129 Å². The van der Waals surface area contributed by atoms with Crippen molar-refractivity contribution in [2.24, 2.45) is 0 Å². The minimum absolute atomic E-state index is 0.0724. The Hall–Kier alpha value is -1.10. The number of nitrogens with zero attached hydrogens (tertiary/aromatic N) is 2. The van der Waals surface area contributed by atoms with Gasteiger partial charge < -0.3 is 10.2 Å². The van der Waals surface area contributed by atoms with Crippen LogP contribution >= 0.6 is 0 Å². The predicted molar refractivity (Wildman–Crippen MR) is 85.0 cm³/mol. The molecule has 0 spiro atoms. The number of hydrogen-bond donors (Lipinski definition) is 1. The number of carbonyl (C=O) groups excluding carboxylic acids is 2. The minimum atomic E-state index is -0.149. The molecule has 1 heterocycles. The highest BCUT2D eigenvalue weighted by Gasteiger charge is 2.32. The van der Waals surface area contributed by atoms with Crippen molar-refractivity contribution >= 4 is 11.8 Å². The molecule has 0 aromatic rings. The van der Waals surface area contributed by atoms with Crippen molar-refractivity contribution in [3.05, 3.63) is 0 Å². The summed E-state index contributed by atoms with van der Waals surface area (Å²) in [5.74, 6) is 0.194. The van der Waals surface area contributed by atoms with Gasteiger partial charge in [0.05, 0.1) is 12.6 Å². The quantitative estimate of drug-likeness (QED) is 0.777. The van der Waals surface area contributed by atoms with Crippen LogP contribution in [0.2, 0.25) is 0 Å². The molecule has 1 rings (SSSR count). The Morgan fingerprint density at radius 2 is 1.95 bits per heavy atom. The zero-order chi connectivity index (χ0) is 16.0. The van der Waals surface area contributed by atoms with Crippen molar-refractivity contribution < 1.29 is 9.59 Å². The maximum atomic E-state index is 12.6. The summed E-state index contributed by atoms with van der Waals surface area (Å²) in [5.41, 5.74) is 0. The fraction of sp³-hybridized carbons (Fsp3) is 0.875. The second-order valence-electron chi connectivity index (χ2n) is 6.41. The van der Waals surface area contributed by atoms with E-state index in [1.165, 1.54) is 0 Å². The zero-order valence-corrected chi connectivity index (χ0v) is 14.2. The van der Waals surface area contributed by atoms with Crippen molar-refractivity contribution in [3.8, 4) is 0 Å². The van der Waals surface area contributed by atoms with Gasteiger partial charge >= 0.3 is 0 Å². The van der Waals surface area contributed by atoms with E-state index in [0.29, 0.717) is 13.1 Å². The van der Waals surface area contributed by atoms with Gasteiger partial charge in [-0.25, -0.2) is 0 Å². The Morgan fingerprint density at radius 1 is 1.33 bits per heavy atom. The zero-order valence-electron chi connectivity index (χ0n) is 14.2. The average Bonchev–Trinajstić information content (AvgIpc) is 2.37. The summed E-state index contributed by atoms with van der Waals surface area (Å²) in [7, 11) is 0. The first-order valence-electron chi connectivity index (χ1n) is 8.21. The van der Waals surface area contributed by atoms with Gasteiger partial charge in [0.2, 0.25) is 11.8 Å². The van der Waals surface area contributed by atoms with Crippen molar-refractivity contribution in [1.29, 1.82) is 0 Å². The molecule has 1 fully saturated rings. The Balaban J connectivity index is 2.72. The highest BCUT2D eigenvalue weighted by Crippen LogP contribution is 2.14. The number of hydrogen-bond acceptors (Lipinski definition) is 3. The molecule has 1 saturated heterocycles. The van der Waals surface area contributed by atoms with Gasteiger partial charge in [-0.1, -0.05) is 19.8 Å². The number of amides is 2. The first kappa shape index (κ1) is 18.0. The van der Waals surface area contributed by atoms with Crippen LogP contribution in [-0.2, 0) is 9.59 Å². The van der Waals surface area contributed by atoms with Gasteiger partial charge in [0, 0.05) is 25.2 Å². The number of piperazine rings is 1. The van der Waals surface area contributed by atoms with Crippen LogP contribution in [0.4, 0.5) is 0 Å². The van der Waals surface area contributed by atoms with Gasteiger partial charge in [0.25, 0.3) is 0 Å². The third-order valence-electron chi connectivity index (χ3n) is 4.01. The SMILES string of the molecule is CCCC[C@@H]1C(=O)NCCN1CC(=O)N(C(C)C)C(C)C. The summed E-state index contributed by atoms with van der Waals surface area (Å²) >= 11 is 0. The summed E-state index contributed by atoms with van der Waals surface area (Å²) in [5, 5.41) is 2.91. The molecule has 0 radical (unpaired) electrons. The Morgan fingerprint density at radius 3 is 2.48 bits per heavy atom. The molecule has 0 aliphatic carbocycles. The Kier molecular flexibility index (Phi) is 7.15. The van der Waals surface area contributed by atoms with Gasteiger partial charge in [-0.3, -0.25) is 14.5 Å². The molecule has 0 aromatic heterocycles. The van der Waals surface area contributed by atoms with Crippen LogP contribution in [0, 0.1) is 0 Å². The lowest BCUT2D eigenvalue weighted by Crippen LogP contribution is -2.58. The van der Waals surface area contributed by atoms with E-state index in [9.17, 15) is 9.59 Å². The maximum absolute atomic E-state index is 12.6. The molecule has 1 aliphatic rings. The first-order valence-corrected chi connectivity index (χ1v) is 8.21. The standard InChI is InChI=1S/C16H31N3O2/c1-6-7-8-14-16(21)17-9-10-18(14)11-15(20)19(12(2)3)13(4)5/h12-14H,6-11H2,1-5H3,(H,17,21)/t14-/m1/s1. The summed E-state index contributed by atoms with van der Waals surface area (Å²) < 4.78 is 0. The third kappa shape index (κ3) is 4.99. The van der Waals surface area contributed by atoms with Crippen LogP contribution in [0.15, 0.2) is 0 Å². The average molecular weight is 297 g/mol. The molecule has 5 nitrogen and oxygen atoms in total. The van der Waals surface area contributed by atoms with E-state index in [1.807, 2.05) is 32.6 Å². The molecule has 0 unspecified atom stereocenters. The molecule has 0 aromatic carbocycles. The monoisotopic (exact) mass is 297 g/mol. The topological polar surface area (TPSA) is 52.7 Å². The van der Waals surface area contributed by atoms with E-state index in [-0.39, 0.29) is 29.9 Å². The van der Waals surface area contributed by atoms with E-state index in [1.54, 1.807) is 0 Å². The molecule has 1 aliphatic heterocycles. The van der Waals surface area contributed by atoms with E-state index in [2.05, 4.69) is 17.1 Å². The van der Waals surface area contributed by atoms with Gasteiger partial charge in [-0.2, -0.15) is 0 Å². The van der Waals surface area contributed by atoms with E-state index < -0.39 is 0 Å². The van der Waals surface area contributed by atoms with Gasteiger partial charge in [-0.05, 0) is 34.1 Å². The lowest BCUT2D eigenvalue weighted by Gasteiger charge is -2.38. The molecule has 122 valence electrons. The lowest BCUT2D eigenvalue weighted by atomic mass is 10.1. The molecular weight excluding hydrogens is 266 g/mol. The molecule has 5 heteroatoms. The summed E-state index contributed by atoms with van der Waals surface area (Å²) in [4.78, 5) is 28.6. The van der Waals surface area contributed by atoms with Crippen molar-refractivity contribution in [2.45, 2.75) is 72.0 Å². The second kappa shape index (κ2) is 8.37. The highest BCUT2D eigenvalue weighted by atomic mass is 16.2. The predicted octanol–water partition coefficient (Wildman–Crippen LogP) is 1.62. The number of unbranched alkanes of at least 4 members (excludes halogenated alkanes) is 1. The van der Waals surface area contributed by atoms with E-state index in [0.717, 1.165) is 25.8 Å². The number of nitrogens with one attached hydrogen (secondary N) is 1. The number of carbonyl (C=O) groups is 2. The van der Waals surface area contributed by atoms with Crippen molar-refractivity contribution in [3.63, 3.8) is 0 Å². The molecule has 0 saturated carbocycles. The smallest absolute Gasteiger partial charge is 0.237 e. The minimum Gasteiger partial charge on any atom is -0.353 e. The molecule has 2 amide bonds. The van der Waals surface area contributed by atoms with Crippen molar-refractivity contribution in [1.82, 2.24) is 15.1 Å². The van der Waals surface area contributed by atoms with Gasteiger partial charge in [-0.15, -0.1) is 0 Å². The lowest BCUT2D eigenvalue weighted by molar-refractivity contribution is -0.139. The number of rotatable bonds is 7. The molecule has 0 bridgehead atoms. The summed E-state index contributed by atoms with van der Waals surface area (Å²) in [6, 6.07) is 0.222. The largest absolute Gasteiger partial charge is 0.353 e. The van der Waals surface area contributed by atoms with Crippen LogP contribution in [0.25, 0.3) is 0 Å². The van der Waals surface area contributed by atoms with Crippen LogP contribution in [0.3, 0.4) is 0 Å². The van der Waals surface area contributed by atoms with Gasteiger partial charge in [0.1, 0.15) is 0 Å².